The van der Waals surface area contributed by atoms with Gasteiger partial charge in [0, 0.05) is 37.6 Å². The Bertz CT molecular complexity index is 1600. The molecular weight excluding hydrogens is 605 g/mol. The van der Waals surface area contributed by atoms with Crippen molar-refractivity contribution in [3.63, 3.8) is 0 Å². The Hall–Kier alpha value is -4.78. The van der Waals surface area contributed by atoms with Crippen LogP contribution in [0.15, 0.2) is 79.0 Å². The van der Waals surface area contributed by atoms with E-state index in [1.165, 1.54) is 18.3 Å². The molecule has 0 saturated carbocycles. The topological polar surface area (TPSA) is 101 Å². The molecule has 0 amide bonds. The van der Waals surface area contributed by atoms with Gasteiger partial charge >= 0.3 is 18.0 Å². The van der Waals surface area contributed by atoms with Crippen LogP contribution in [0.5, 0.6) is 23.3 Å². The highest BCUT2D eigenvalue weighted by Crippen LogP contribution is 2.30. The first-order valence-corrected chi connectivity index (χ1v) is 15.1. The lowest BCUT2D eigenvalue weighted by Gasteiger charge is -2.32. The Labute approximate surface area is 263 Å². The van der Waals surface area contributed by atoms with Gasteiger partial charge < -0.3 is 29.1 Å². The van der Waals surface area contributed by atoms with Crippen LogP contribution in [-0.2, 0) is 25.9 Å². The van der Waals surface area contributed by atoms with Crippen molar-refractivity contribution in [2.75, 3.05) is 19.7 Å². The van der Waals surface area contributed by atoms with Gasteiger partial charge in [0.15, 0.2) is 0 Å². The van der Waals surface area contributed by atoms with E-state index in [-0.39, 0.29) is 30.6 Å². The van der Waals surface area contributed by atoms with Crippen molar-refractivity contribution in [2.24, 2.45) is 0 Å². The fourth-order valence-corrected chi connectivity index (χ4v) is 5.42. The minimum atomic E-state index is -4.35. The number of imidazole rings is 1. The number of nitro groups is 1. The van der Waals surface area contributed by atoms with Crippen molar-refractivity contribution in [1.82, 2.24) is 14.5 Å². The third kappa shape index (κ3) is 8.08. The summed E-state index contributed by atoms with van der Waals surface area (Å²) in [5.74, 6) is 1.90. The predicted octanol–water partition coefficient (Wildman–Crippen LogP) is 6.66. The Morgan fingerprint density at radius 1 is 0.848 bits per heavy atom. The molecule has 3 heterocycles. The highest BCUT2D eigenvalue weighted by molar-refractivity contribution is 5.32. The minimum Gasteiger partial charge on any atom is -0.490 e. The zero-order chi connectivity index (χ0) is 32.1. The maximum absolute atomic E-state index is 12.7. The Morgan fingerprint density at radius 2 is 1.48 bits per heavy atom. The number of aryl methyl sites for hydroxylation is 1. The van der Waals surface area contributed by atoms with Gasteiger partial charge in [0.25, 0.3) is 0 Å². The Balaban J connectivity index is 0.890. The molecule has 0 unspecified atom stereocenters. The molecule has 0 radical (unpaired) electrons. The molecule has 1 fully saturated rings. The molecule has 6 rings (SSSR count). The number of aromatic nitrogens is 2. The average molecular weight is 639 g/mol. The lowest BCUT2D eigenvalue weighted by Crippen LogP contribution is -2.37. The molecule has 3 aromatic carbocycles. The quantitative estimate of drug-likeness (QED) is 0.133. The van der Waals surface area contributed by atoms with Crippen LogP contribution >= 0.6 is 0 Å². The predicted molar refractivity (Wildman–Crippen MR) is 161 cm³/mol. The van der Waals surface area contributed by atoms with E-state index in [4.69, 9.17) is 18.9 Å². The number of ether oxygens (including phenoxy) is 4. The summed E-state index contributed by atoms with van der Waals surface area (Å²) in [5, 5.41) is 10.9. The summed E-state index contributed by atoms with van der Waals surface area (Å²) in [7, 11) is 0. The molecule has 1 saturated heterocycles. The first-order chi connectivity index (χ1) is 22.2. The van der Waals surface area contributed by atoms with E-state index in [1.807, 2.05) is 48.5 Å². The number of benzene rings is 3. The van der Waals surface area contributed by atoms with Crippen LogP contribution in [0.3, 0.4) is 0 Å². The molecule has 242 valence electrons. The van der Waals surface area contributed by atoms with Crippen LogP contribution in [0.1, 0.15) is 36.0 Å². The van der Waals surface area contributed by atoms with Crippen LogP contribution in [0, 0.1) is 10.1 Å². The van der Waals surface area contributed by atoms with Crippen molar-refractivity contribution in [3.05, 3.63) is 106 Å². The number of nitrogens with zero attached hydrogens (tertiary/aromatic N) is 4. The van der Waals surface area contributed by atoms with Gasteiger partial charge in [-0.1, -0.05) is 24.3 Å². The number of fused-ring (bicyclic) bond motifs is 1. The number of likely N-dealkylation sites (tertiary alicyclic amines) is 1. The molecule has 1 atom stereocenters. The van der Waals surface area contributed by atoms with Gasteiger partial charge in [-0.2, -0.15) is 13.2 Å². The third-order valence-corrected chi connectivity index (χ3v) is 7.99. The molecule has 2 aliphatic rings. The summed E-state index contributed by atoms with van der Waals surface area (Å²) in [6, 6.07) is 20.5. The van der Waals surface area contributed by atoms with Crippen LogP contribution < -0.4 is 18.9 Å². The zero-order valence-electron chi connectivity index (χ0n) is 24.9. The standard InChI is InChI=1S/C33H33F3N4O6/c34-33(35,36)25-5-1-24(2-6-25)21-43-26-7-3-23(4-8-26)19-38-16-13-29(14-17-38)45-28-11-9-27(10-12-28)44-22-30-15-18-39-20-31(40(41)42)37-32(39)46-30/h1-12,20,29-30H,13-19,21-22H2/t30-/m0/s1. The molecule has 1 aromatic heterocycles. The smallest absolute Gasteiger partial charge is 0.416 e. The van der Waals surface area contributed by atoms with Crippen molar-refractivity contribution < 1.29 is 37.0 Å². The van der Waals surface area contributed by atoms with Crippen LogP contribution in [0.4, 0.5) is 19.0 Å². The molecule has 10 nitrogen and oxygen atoms in total. The second kappa shape index (κ2) is 13.7. The van der Waals surface area contributed by atoms with E-state index < -0.39 is 16.7 Å². The van der Waals surface area contributed by atoms with Gasteiger partial charge in [-0.05, 0) is 77.4 Å². The number of alkyl halides is 3. The van der Waals surface area contributed by atoms with Crippen molar-refractivity contribution in [1.29, 1.82) is 0 Å². The Morgan fingerprint density at radius 3 is 2.15 bits per heavy atom. The second-order valence-electron chi connectivity index (χ2n) is 11.4. The molecule has 13 heteroatoms. The van der Waals surface area contributed by atoms with E-state index in [9.17, 15) is 23.3 Å². The SMILES string of the molecule is O=[N+]([O-])c1cn2c(n1)O[C@H](COc1ccc(OC3CCN(Cc4ccc(OCc5ccc(C(F)(F)F)cc5)cc4)CC3)cc1)CC2. The normalized spacial score (nSPS) is 17.2. The molecule has 0 N–H and O–H groups in total. The number of halogens is 3. The van der Waals surface area contributed by atoms with E-state index in [0.29, 0.717) is 36.6 Å². The summed E-state index contributed by atoms with van der Waals surface area (Å²) in [6.45, 7) is 3.69. The number of piperidine rings is 1. The maximum atomic E-state index is 12.7. The Kier molecular flexibility index (Phi) is 9.29. The molecule has 0 aliphatic carbocycles. The van der Waals surface area contributed by atoms with Crippen LogP contribution in [0.2, 0.25) is 0 Å². The summed E-state index contributed by atoms with van der Waals surface area (Å²) in [6.07, 6.45) is -0.631. The third-order valence-electron chi connectivity index (χ3n) is 7.99. The van der Waals surface area contributed by atoms with Gasteiger partial charge in [0.05, 0.1) is 5.56 Å². The van der Waals surface area contributed by atoms with E-state index in [0.717, 1.165) is 55.9 Å². The average Bonchev–Trinajstić information content (AvgIpc) is 3.49. The van der Waals surface area contributed by atoms with Gasteiger partial charge in [-0.15, -0.1) is 0 Å². The number of hydrogen-bond donors (Lipinski definition) is 0. The van der Waals surface area contributed by atoms with Crippen molar-refractivity contribution in [3.8, 4) is 23.3 Å². The number of rotatable bonds is 11. The summed E-state index contributed by atoms with van der Waals surface area (Å²) in [5.41, 5.74) is 1.15. The molecule has 2 aliphatic heterocycles. The first-order valence-electron chi connectivity index (χ1n) is 15.1. The molecule has 4 aromatic rings. The van der Waals surface area contributed by atoms with Crippen molar-refractivity contribution >= 4 is 5.82 Å². The molecule has 0 spiro atoms. The molecular formula is C33H33F3N4O6. The second-order valence-corrected chi connectivity index (χ2v) is 11.4. The lowest BCUT2D eigenvalue weighted by molar-refractivity contribution is -0.389. The zero-order valence-corrected chi connectivity index (χ0v) is 24.9. The fourth-order valence-electron chi connectivity index (χ4n) is 5.42. The van der Waals surface area contributed by atoms with E-state index in [1.54, 1.807) is 4.57 Å². The van der Waals surface area contributed by atoms with Gasteiger partial charge in [-0.25, -0.2) is 0 Å². The maximum Gasteiger partial charge on any atom is 0.416 e. The van der Waals surface area contributed by atoms with Gasteiger partial charge in [0.1, 0.15) is 48.9 Å². The van der Waals surface area contributed by atoms with Crippen molar-refractivity contribution in [2.45, 2.75) is 57.3 Å². The van der Waals surface area contributed by atoms with Gasteiger partial charge in [0.2, 0.25) is 0 Å². The summed E-state index contributed by atoms with van der Waals surface area (Å²) >= 11 is 0. The van der Waals surface area contributed by atoms with Crippen LogP contribution in [-0.4, -0.2) is 51.3 Å². The largest absolute Gasteiger partial charge is 0.490 e. The van der Waals surface area contributed by atoms with Gasteiger partial charge in [-0.3, -0.25) is 9.47 Å². The monoisotopic (exact) mass is 638 g/mol. The minimum absolute atomic E-state index is 0.118. The van der Waals surface area contributed by atoms with E-state index >= 15 is 0 Å². The highest BCUT2D eigenvalue weighted by atomic mass is 19.4. The summed E-state index contributed by atoms with van der Waals surface area (Å²) in [4.78, 5) is 16.7. The molecule has 0 bridgehead atoms. The summed E-state index contributed by atoms with van der Waals surface area (Å²) < 4.78 is 63.5. The highest BCUT2D eigenvalue weighted by Gasteiger charge is 2.30. The van der Waals surface area contributed by atoms with Crippen LogP contribution in [0.25, 0.3) is 0 Å². The van der Waals surface area contributed by atoms with E-state index in [2.05, 4.69) is 9.88 Å². The first kappa shape index (κ1) is 31.2. The fraction of sp³-hybridized carbons (Fsp3) is 0.364. The lowest BCUT2D eigenvalue weighted by atomic mass is 10.1. The molecule has 46 heavy (non-hydrogen) atoms. The number of hydrogen-bond acceptors (Lipinski definition) is 8.